The van der Waals surface area contributed by atoms with Crippen LogP contribution in [0.4, 0.5) is 0 Å². The molecule has 0 unspecified atom stereocenters. The van der Waals surface area contributed by atoms with Crippen molar-refractivity contribution in [2.45, 2.75) is 13.3 Å². The molecule has 0 spiro atoms. The molecule has 0 atom stereocenters. The van der Waals surface area contributed by atoms with Gasteiger partial charge in [0.15, 0.2) is 12.0 Å². The molecule has 2 aromatic rings. The van der Waals surface area contributed by atoms with E-state index >= 15 is 0 Å². The van der Waals surface area contributed by atoms with E-state index in [-0.39, 0.29) is 0 Å². The van der Waals surface area contributed by atoms with E-state index < -0.39 is 0 Å². The maximum Gasteiger partial charge on any atom is 0.185 e. The van der Waals surface area contributed by atoms with Gasteiger partial charge in [-0.3, -0.25) is 4.79 Å². The summed E-state index contributed by atoms with van der Waals surface area (Å²) in [6.45, 7) is 2.07. The summed E-state index contributed by atoms with van der Waals surface area (Å²) in [5.41, 5.74) is 3.50. The molecule has 0 aliphatic carbocycles. The molecule has 2 heteroatoms. The van der Waals surface area contributed by atoms with Gasteiger partial charge in [0.2, 0.25) is 0 Å². The topological polar surface area (TPSA) is 30.2 Å². The number of aryl methyl sites for hydroxylation is 1. The average Bonchev–Trinajstić information content (AvgIpc) is 2.65. The number of furan rings is 1. The van der Waals surface area contributed by atoms with Crippen LogP contribution in [-0.2, 0) is 6.42 Å². The lowest BCUT2D eigenvalue weighted by Gasteiger charge is -1.99. The van der Waals surface area contributed by atoms with E-state index in [9.17, 15) is 4.79 Å². The first kappa shape index (κ1) is 9.71. The minimum atomic E-state index is 0.387. The first-order valence-corrected chi connectivity index (χ1v) is 4.86. The molecular weight excluding hydrogens is 188 g/mol. The molecule has 0 aliphatic heterocycles. The van der Waals surface area contributed by atoms with Gasteiger partial charge < -0.3 is 4.42 Å². The molecule has 76 valence electrons. The van der Waals surface area contributed by atoms with E-state index in [1.54, 1.807) is 12.3 Å². The van der Waals surface area contributed by atoms with Crippen molar-refractivity contribution < 1.29 is 9.21 Å². The van der Waals surface area contributed by atoms with Crippen molar-refractivity contribution in [3.8, 4) is 0 Å². The van der Waals surface area contributed by atoms with Gasteiger partial charge >= 0.3 is 0 Å². The fourth-order valence-electron chi connectivity index (χ4n) is 1.61. The number of hydrogen-bond donors (Lipinski definition) is 0. The Kier molecular flexibility index (Phi) is 2.68. The highest BCUT2D eigenvalue weighted by Gasteiger charge is 2.01. The van der Waals surface area contributed by atoms with Gasteiger partial charge in [0.1, 0.15) is 0 Å². The number of carbonyl (C=O) groups is 1. The fraction of sp³-hybridized carbons (Fsp3) is 0.154. The first-order valence-electron chi connectivity index (χ1n) is 4.86. The van der Waals surface area contributed by atoms with Crippen LogP contribution in [0.25, 0.3) is 0 Å². The van der Waals surface area contributed by atoms with Crippen LogP contribution in [0.2, 0.25) is 0 Å². The van der Waals surface area contributed by atoms with Crippen molar-refractivity contribution in [3.05, 3.63) is 59.0 Å². The van der Waals surface area contributed by atoms with Crippen LogP contribution in [0, 0.1) is 6.92 Å². The summed E-state index contributed by atoms with van der Waals surface area (Å²) in [5, 5.41) is 0. The van der Waals surface area contributed by atoms with Gasteiger partial charge in [0, 0.05) is 6.42 Å². The van der Waals surface area contributed by atoms with Crippen LogP contribution in [-0.4, -0.2) is 6.29 Å². The summed E-state index contributed by atoms with van der Waals surface area (Å²) >= 11 is 0. The lowest BCUT2D eigenvalue weighted by molar-refractivity contribution is 0.110. The van der Waals surface area contributed by atoms with Crippen molar-refractivity contribution in [1.82, 2.24) is 0 Å². The van der Waals surface area contributed by atoms with Crippen LogP contribution in [0.1, 0.15) is 27.2 Å². The Labute approximate surface area is 88.5 Å². The predicted molar refractivity (Wildman–Crippen MR) is 58.1 cm³/mol. The van der Waals surface area contributed by atoms with Crippen molar-refractivity contribution in [2.75, 3.05) is 0 Å². The van der Waals surface area contributed by atoms with E-state index in [1.807, 2.05) is 6.07 Å². The van der Waals surface area contributed by atoms with Gasteiger partial charge in [-0.1, -0.05) is 29.8 Å². The number of hydrogen-bond acceptors (Lipinski definition) is 2. The Bertz CT molecular complexity index is 469. The summed E-state index contributed by atoms with van der Waals surface area (Å²) in [4.78, 5) is 10.4. The second-order valence-corrected chi connectivity index (χ2v) is 3.64. The average molecular weight is 200 g/mol. The van der Waals surface area contributed by atoms with Crippen molar-refractivity contribution in [3.63, 3.8) is 0 Å². The molecule has 1 aromatic carbocycles. The Morgan fingerprint density at radius 3 is 2.80 bits per heavy atom. The zero-order chi connectivity index (χ0) is 10.7. The molecule has 1 heterocycles. The Morgan fingerprint density at radius 2 is 2.13 bits per heavy atom. The molecule has 0 bridgehead atoms. The lowest BCUT2D eigenvalue weighted by Crippen LogP contribution is -1.86. The summed E-state index contributed by atoms with van der Waals surface area (Å²) in [5.74, 6) is 0.387. The Morgan fingerprint density at radius 1 is 1.27 bits per heavy atom. The van der Waals surface area contributed by atoms with Gasteiger partial charge in [0.05, 0.1) is 6.26 Å². The second kappa shape index (κ2) is 4.13. The van der Waals surface area contributed by atoms with Crippen molar-refractivity contribution in [2.24, 2.45) is 0 Å². The van der Waals surface area contributed by atoms with E-state index in [4.69, 9.17) is 4.42 Å². The molecule has 0 amide bonds. The molecule has 0 saturated heterocycles. The van der Waals surface area contributed by atoms with Crippen molar-refractivity contribution >= 4 is 6.29 Å². The molecule has 0 aliphatic rings. The number of rotatable bonds is 3. The lowest BCUT2D eigenvalue weighted by atomic mass is 10.1. The van der Waals surface area contributed by atoms with Gasteiger partial charge in [-0.15, -0.1) is 0 Å². The minimum Gasteiger partial charge on any atom is -0.461 e. The van der Waals surface area contributed by atoms with Crippen LogP contribution in [0.3, 0.4) is 0 Å². The standard InChI is InChI=1S/C13H12O2/c1-10-3-2-4-11(5-10)6-12-7-13(8-14)15-9-12/h2-5,7-9H,6H2,1H3. The smallest absolute Gasteiger partial charge is 0.185 e. The summed E-state index contributed by atoms with van der Waals surface area (Å²) in [7, 11) is 0. The van der Waals surface area contributed by atoms with Crippen LogP contribution >= 0.6 is 0 Å². The maximum atomic E-state index is 10.4. The third-order valence-electron chi connectivity index (χ3n) is 2.28. The zero-order valence-corrected chi connectivity index (χ0v) is 8.57. The highest BCUT2D eigenvalue weighted by molar-refractivity contribution is 5.70. The molecule has 15 heavy (non-hydrogen) atoms. The molecule has 0 fully saturated rings. The minimum absolute atomic E-state index is 0.387. The maximum absolute atomic E-state index is 10.4. The van der Waals surface area contributed by atoms with E-state index in [0.717, 1.165) is 18.3 Å². The molecule has 0 N–H and O–H groups in total. The van der Waals surface area contributed by atoms with Crippen molar-refractivity contribution in [1.29, 1.82) is 0 Å². The SMILES string of the molecule is Cc1cccc(Cc2coc(C=O)c2)c1. The van der Waals surface area contributed by atoms with E-state index in [0.29, 0.717) is 5.76 Å². The highest BCUT2D eigenvalue weighted by Crippen LogP contribution is 2.13. The third-order valence-corrected chi connectivity index (χ3v) is 2.28. The predicted octanol–water partition coefficient (Wildman–Crippen LogP) is 2.99. The molecule has 2 nitrogen and oxygen atoms in total. The first-order chi connectivity index (χ1) is 7.28. The molecule has 0 radical (unpaired) electrons. The van der Waals surface area contributed by atoms with Gasteiger partial charge in [-0.25, -0.2) is 0 Å². The number of carbonyl (C=O) groups excluding carboxylic acids is 1. The van der Waals surface area contributed by atoms with E-state index in [2.05, 4.69) is 25.1 Å². The molecule has 1 aromatic heterocycles. The molecule has 2 rings (SSSR count). The fourth-order valence-corrected chi connectivity index (χ4v) is 1.61. The summed E-state index contributed by atoms with van der Waals surface area (Å²) in [6, 6.07) is 10.1. The molecule has 0 saturated carbocycles. The third kappa shape index (κ3) is 2.34. The van der Waals surface area contributed by atoms with E-state index in [1.165, 1.54) is 11.1 Å². The Hall–Kier alpha value is -1.83. The highest BCUT2D eigenvalue weighted by atomic mass is 16.3. The number of aldehydes is 1. The normalized spacial score (nSPS) is 10.2. The number of benzene rings is 1. The van der Waals surface area contributed by atoms with Crippen LogP contribution in [0.15, 0.2) is 41.0 Å². The molecular formula is C13H12O2. The van der Waals surface area contributed by atoms with Gasteiger partial charge in [0.25, 0.3) is 0 Å². The second-order valence-electron chi connectivity index (χ2n) is 3.64. The Balaban J connectivity index is 2.18. The summed E-state index contributed by atoms with van der Waals surface area (Å²) < 4.78 is 5.05. The van der Waals surface area contributed by atoms with Crippen LogP contribution in [0.5, 0.6) is 0 Å². The zero-order valence-electron chi connectivity index (χ0n) is 8.57. The van der Waals surface area contributed by atoms with Gasteiger partial charge in [-0.05, 0) is 24.1 Å². The quantitative estimate of drug-likeness (QED) is 0.713. The monoisotopic (exact) mass is 200 g/mol. The van der Waals surface area contributed by atoms with Crippen LogP contribution < -0.4 is 0 Å². The van der Waals surface area contributed by atoms with Gasteiger partial charge in [-0.2, -0.15) is 0 Å². The largest absolute Gasteiger partial charge is 0.461 e. The summed E-state index contributed by atoms with van der Waals surface area (Å²) in [6.07, 6.45) is 3.16.